The largest absolute Gasteiger partial charge is 0.494 e. The van der Waals surface area contributed by atoms with Crippen molar-refractivity contribution in [3.63, 3.8) is 0 Å². The number of amides is 1. The Morgan fingerprint density at radius 2 is 1.93 bits per heavy atom. The van der Waals surface area contributed by atoms with Crippen LogP contribution in [0.15, 0.2) is 59.1 Å². The summed E-state index contributed by atoms with van der Waals surface area (Å²) in [6.45, 7) is 5.35. The average molecular weight is 439 g/mol. The molecule has 0 aliphatic rings. The molecule has 1 N–H and O–H groups in total. The van der Waals surface area contributed by atoms with E-state index in [2.05, 4.69) is 44.5 Å². The number of rotatable bonds is 8. The van der Waals surface area contributed by atoms with Crippen LogP contribution in [0.5, 0.6) is 5.75 Å². The molecule has 4 aromatic rings. The zero-order valence-corrected chi connectivity index (χ0v) is 18.4. The number of anilines is 1. The Hall–Kier alpha value is -2.84. The molecule has 4 rings (SSSR count). The molecule has 6 nitrogen and oxygen atoms in total. The molecule has 8 heteroatoms. The summed E-state index contributed by atoms with van der Waals surface area (Å²) in [7, 11) is 0. The lowest BCUT2D eigenvalue weighted by molar-refractivity contribution is -0.113. The summed E-state index contributed by atoms with van der Waals surface area (Å²) in [5.74, 6) is 1.80. The molecule has 0 saturated heterocycles. The Morgan fingerprint density at radius 1 is 1.13 bits per heavy atom. The maximum atomic E-state index is 12.4. The van der Waals surface area contributed by atoms with Crippen molar-refractivity contribution in [2.45, 2.75) is 25.5 Å². The van der Waals surface area contributed by atoms with E-state index in [1.54, 1.807) is 11.3 Å². The van der Waals surface area contributed by atoms with Gasteiger partial charge in [0.2, 0.25) is 5.91 Å². The molecule has 2 aromatic carbocycles. The number of hydrogen-bond acceptors (Lipinski definition) is 6. The minimum atomic E-state index is -0.0858. The molecule has 1 amide bonds. The van der Waals surface area contributed by atoms with Crippen LogP contribution in [0.1, 0.15) is 13.8 Å². The molecule has 2 aromatic heterocycles. The minimum Gasteiger partial charge on any atom is -0.494 e. The fourth-order valence-corrected chi connectivity index (χ4v) is 4.90. The molecule has 0 unspecified atom stereocenters. The van der Waals surface area contributed by atoms with Gasteiger partial charge in [-0.2, -0.15) is 0 Å². The first-order chi connectivity index (χ1) is 14.7. The molecular weight excluding hydrogens is 416 g/mol. The van der Waals surface area contributed by atoms with E-state index < -0.39 is 0 Å². The second kappa shape index (κ2) is 9.32. The van der Waals surface area contributed by atoms with Crippen molar-refractivity contribution in [3.8, 4) is 17.1 Å². The Morgan fingerprint density at radius 3 is 2.70 bits per heavy atom. The number of aromatic nitrogens is 3. The van der Waals surface area contributed by atoms with E-state index in [1.807, 2.05) is 43.3 Å². The summed E-state index contributed by atoms with van der Waals surface area (Å²) < 4.78 is 8.71. The van der Waals surface area contributed by atoms with E-state index in [4.69, 9.17) is 4.74 Å². The fraction of sp³-hybridized carbons (Fsp3) is 0.227. The van der Waals surface area contributed by atoms with Crippen LogP contribution in [-0.4, -0.2) is 33.0 Å². The number of thioether (sulfide) groups is 1. The van der Waals surface area contributed by atoms with Gasteiger partial charge in [-0.05, 0) is 44.2 Å². The topological polar surface area (TPSA) is 69.0 Å². The molecule has 0 aliphatic carbocycles. The lowest BCUT2D eigenvalue weighted by atomic mass is 10.1. The van der Waals surface area contributed by atoms with Crippen molar-refractivity contribution in [1.82, 2.24) is 14.8 Å². The molecule has 0 spiro atoms. The number of carbonyl (C=O) groups excluding carboxylic acids is 1. The summed E-state index contributed by atoms with van der Waals surface area (Å²) in [6.07, 6.45) is 0. The second-order valence-electron chi connectivity index (χ2n) is 6.49. The quantitative estimate of drug-likeness (QED) is 0.378. The molecule has 0 fully saturated rings. The molecule has 0 saturated carbocycles. The van der Waals surface area contributed by atoms with Crippen LogP contribution in [0, 0.1) is 0 Å². The number of fused-ring (bicyclic) bond motifs is 1. The highest BCUT2D eigenvalue weighted by molar-refractivity contribution is 7.99. The third kappa shape index (κ3) is 4.34. The fourth-order valence-electron chi connectivity index (χ4n) is 3.16. The van der Waals surface area contributed by atoms with Crippen LogP contribution in [-0.2, 0) is 11.3 Å². The van der Waals surface area contributed by atoms with Gasteiger partial charge in [0.1, 0.15) is 5.75 Å². The zero-order valence-electron chi connectivity index (χ0n) is 16.8. The highest BCUT2D eigenvalue weighted by atomic mass is 32.2. The Balaban J connectivity index is 1.44. The number of hydrogen-bond donors (Lipinski definition) is 1. The molecule has 0 radical (unpaired) electrons. The number of thiophene rings is 1. The number of ether oxygens (including phenoxy) is 1. The minimum absolute atomic E-state index is 0.0858. The van der Waals surface area contributed by atoms with Gasteiger partial charge in [0, 0.05) is 33.3 Å². The van der Waals surface area contributed by atoms with Crippen molar-refractivity contribution in [2.24, 2.45) is 0 Å². The van der Waals surface area contributed by atoms with Gasteiger partial charge in [-0.1, -0.05) is 30.0 Å². The SMILES string of the molecule is CCOc1ccc(NC(=O)CSc2nnc(-c3csc4ccccc34)n2CC)cc1. The van der Waals surface area contributed by atoms with Gasteiger partial charge >= 0.3 is 0 Å². The molecule has 154 valence electrons. The molecule has 0 bridgehead atoms. The van der Waals surface area contributed by atoms with Crippen LogP contribution in [0.2, 0.25) is 0 Å². The van der Waals surface area contributed by atoms with Crippen LogP contribution in [0.4, 0.5) is 5.69 Å². The number of nitrogens with zero attached hydrogens (tertiary/aromatic N) is 3. The Bertz CT molecular complexity index is 1150. The zero-order chi connectivity index (χ0) is 20.9. The number of benzene rings is 2. The van der Waals surface area contributed by atoms with E-state index in [9.17, 15) is 4.79 Å². The first kappa shape index (κ1) is 20.4. The number of nitrogens with one attached hydrogen (secondary N) is 1. The van der Waals surface area contributed by atoms with E-state index in [-0.39, 0.29) is 11.7 Å². The predicted octanol–water partition coefficient (Wildman–Crippen LogP) is 5.31. The molecule has 30 heavy (non-hydrogen) atoms. The van der Waals surface area contributed by atoms with E-state index in [0.29, 0.717) is 6.61 Å². The van der Waals surface area contributed by atoms with Crippen molar-refractivity contribution in [3.05, 3.63) is 53.9 Å². The normalized spacial score (nSPS) is 11.0. The van der Waals surface area contributed by atoms with Crippen molar-refractivity contribution in [1.29, 1.82) is 0 Å². The lowest BCUT2D eigenvalue weighted by Gasteiger charge is -2.08. The Labute approximate surface area is 183 Å². The van der Waals surface area contributed by atoms with Gasteiger partial charge in [0.05, 0.1) is 12.4 Å². The molecular formula is C22H22N4O2S2. The van der Waals surface area contributed by atoms with E-state index in [0.717, 1.165) is 34.5 Å². The van der Waals surface area contributed by atoms with Crippen LogP contribution in [0.25, 0.3) is 21.5 Å². The average Bonchev–Trinajstić information content (AvgIpc) is 3.37. The van der Waals surface area contributed by atoms with Crippen molar-refractivity contribution < 1.29 is 9.53 Å². The van der Waals surface area contributed by atoms with E-state index in [1.165, 1.54) is 21.8 Å². The summed E-state index contributed by atoms with van der Waals surface area (Å²) in [6, 6.07) is 15.6. The van der Waals surface area contributed by atoms with Crippen molar-refractivity contribution >= 4 is 44.8 Å². The summed E-state index contributed by atoms with van der Waals surface area (Å²) in [4.78, 5) is 12.4. The molecule has 2 heterocycles. The highest BCUT2D eigenvalue weighted by Gasteiger charge is 2.17. The third-order valence-corrected chi connectivity index (χ3v) is 6.47. The van der Waals surface area contributed by atoms with Gasteiger partial charge < -0.3 is 14.6 Å². The standard InChI is InChI=1S/C22H22N4O2S2/c1-3-26-21(18-13-29-19-8-6-5-7-17(18)19)24-25-22(26)30-14-20(27)23-15-9-11-16(12-10-15)28-4-2/h5-13H,3-4,14H2,1-2H3,(H,23,27). The van der Waals surface area contributed by atoms with Gasteiger partial charge in [0.25, 0.3) is 0 Å². The first-order valence-electron chi connectivity index (χ1n) is 9.75. The molecule has 0 aliphatic heterocycles. The maximum absolute atomic E-state index is 12.4. The summed E-state index contributed by atoms with van der Waals surface area (Å²) >= 11 is 3.09. The monoisotopic (exact) mass is 438 g/mol. The van der Waals surface area contributed by atoms with Crippen molar-refractivity contribution in [2.75, 3.05) is 17.7 Å². The third-order valence-electron chi connectivity index (χ3n) is 4.54. The lowest BCUT2D eigenvalue weighted by Crippen LogP contribution is -2.14. The first-order valence-corrected chi connectivity index (χ1v) is 11.6. The second-order valence-corrected chi connectivity index (χ2v) is 8.34. The summed E-state index contributed by atoms with van der Waals surface area (Å²) in [5.41, 5.74) is 1.82. The van der Waals surface area contributed by atoms with Crippen LogP contribution < -0.4 is 10.1 Å². The van der Waals surface area contributed by atoms with Gasteiger partial charge in [-0.3, -0.25) is 4.79 Å². The van der Waals surface area contributed by atoms with Crippen LogP contribution >= 0.6 is 23.1 Å². The summed E-state index contributed by atoms with van der Waals surface area (Å²) in [5, 5.41) is 15.7. The maximum Gasteiger partial charge on any atom is 0.234 e. The van der Waals surface area contributed by atoms with E-state index >= 15 is 0 Å². The predicted molar refractivity (Wildman–Crippen MR) is 123 cm³/mol. The van der Waals surface area contributed by atoms with Gasteiger partial charge in [0.15, 0.2) is 11.0 Å². The smallest absolute Gasteiger partial charge is 0.234 e. The highest BCUT2D eigenvalue weighted by Crippen LogP contribution is 2.34. The Kier molecular flexibility index (Phi) is 6.35. The number of carbonyl (C=O) groups is 1. The van der Waals surface area contributed by atoms with Gasteiger partial charge in [-0.15, -0.1) is 21.5 Å². The van der Waals surface area contributed by atoms with Gasteiger partial charge in [-0.25, -0.2) is 0 Å². The van der Waals surface area contributed by atoms with Crippen LogP contribution in [0.3, 0.4) is 0 Å². The molecule has 0 atom stereocenters.